The molecular weight excluding hydrogens is 539 g/mol. The number of nitrogens with zero attached hydrogens (tertiary/aromatic N) is 6. The Labute approximate surface area is 248 Å². The summed E-state index contributed by atoms with van der Waals surface area (Å²) < 4.78 is 23.2. The van der Waals surface area contributed by atoms with Crippen LogP contribution in [-0.2, 0) is 0 Å². The summed E-state index contributed by atoms with van der Waals surface area (Å²) in [6.07, 6.45) is 6.90. The van der Waals surface area contributed by atoms with E-state index in [0.717, 1.165) is 37.6 Å². The third-order valence-electron chi connectivity index (χ3n) is 8.71. The van der Waals surface area contributed by atoms with Gasteiger partial charge in [-0.05, 0) is 76.5 Å². The lowest BCUT2D eigenvalue weighted by molar-refractivity contribution is -0.0396. The van der Waals surface area contributed by atoms with Gasteiger partial charge in [-0.1, -0.05) is 18.9 Å². The van der Waals surface area contributed by atoms with Gasteiger partial charge in [0.2, 0.25) is 0 Å². The van der Waals surface area contributed by atoms with Crippen LogP contribution < -0.4 is 9.64 Å². The number of anilines is 1. The van der Waals surface area contributed by atoms with E-state index in [1.54, 1.807) is 11.1 Å². The van der Waals surface area contributed by atoms with Gasteiger partial charge < -0.3 is 19.4 Å². The smallest absolute Gasteiger partial charge is 0.258 e. The Morgan fingerprint density at radius 1 is 1.15 bits per heavy atom. The number of halogens is 1. The predicted molar refractivity (Wildman–Crippen MR) is 163 cm³/mol. The van der Waals surface area contributed by atoms with Crippen LogP contribution in [0.1, 0.15) is 64.2 Å². The largest absolute Gasteiger partial charge is 0.451 e. The van der Waals surface area contributed by atoms with Crippen LogP contribution in [0, 0.1) is 17.2 Å². The summed E-state index contributed by atoms with van der Waals surface area (Å²) >= 11 is 1.98. The van der Waals surface area contributed by atoms with E-state index in [2.05, 4.69) is 31.0 Å². The summed E-state index contributed by atoms with van der Waals surface area (Å²) in [6, 6.07) is 4.03. The molecule has 1 spiro atoms. The van der Waals surface area contributed by atoms with E-state index in [1.165, 1.54) is 63.5 Å². The molecule has 4 heterocycles. The van der Waals surface area contributed by atoms with Crippen LogP contribution in [0.4, 0.5) is 10.2 Å². The Bertz CT molecular complexity index is 1190. The van der Waals surface area contributed by atoms with Crippen molar-refractivity contribution in [1.82, 2.24) is 24.1 Å². The number of amides is 1. The highest BCUT2D eigenvalue weighted by atomic mass is 32.2. The van der Waals surface area contributed by atoms with Gasteiger partial charge in [-0.25, -0.2) is 14.4 Å². The molecule has 0 bridgehead atoms. The first-order valence-electron chi connectivity index (χ1n) is 15.1. The van der Waals surface area contributed by atoms with E-state index >= 15 is 0 Å². The Hall–Kier alpha value is -2.43. The van der Waals surface area contributed by atoms with Crippen LogP contribution in [0.2, 0.25) is 0 Å². The number of hydrogen-bond donors (Lipinski definition) is 0. The monoisotopic (exact) mass is 584 g/mol. The zero-order valence-electron chi connectivity index (χ0n) is 25.2. The normalized spacial score (nSPS) is 21.1. The number of hydrogen-bond acceptors (Lipinski definition) is 8. The Morgan fingerprint density at radius 2 is 1.88 bits per heavy atom. The molecule has 1 atom stereocenters. The number of benzene rings is 1. The quantitative estimate of drug-likeness (QED) is 0.337. The second-order valence-electron chi connectivity index (χ2n) is 12.5. The summed E-state index contributed by atoms with van der Waals surface area (Å²) in [5.41, 5.74) is 0.731. The molecule has 1 aromatic heterocycles. The highest BCUT2D eigenvalue weighted by Gasteiger charge is 2.45. The number of carbonyl (C=O) groups excluding carboxylic acids is 1. The zero-order chi connectivity index (χ0) is 29.1. The van der Waals surface area contributed by atoms with Crippen molar-refractivity contribution >= 4 is 23.7 Å². The predicted octanol–water partition coefficient (Wildman–Crippen LogP) is 5.56. The van der Waals surface area contributed by atoms with Gasteiger partial charge >= 0.3 is 0 Å². The molecule has 10 heteroatoms. The van der Waals surface area contributed by atoms with Gasteiger partial charge in [-0.2, -0.15) is 0 Å². The molecule has 5 rings (SSSR count). The van der Waals surface area contributed by atoms with Crippen molar-refractivity contribution in [2.45, 2.75) is 66.0 Å². The molecule has 0 N–H and O–H groups in total. The minimum atomic E-state index is -0.474. The van der Waals surface area contributed by atoms with Crippen LogP contribution >= 0.6 is 11.9 Å². The molecule has 41 heavy (non-hydrogen) atoms. The Kier molecular flexibility index (Phi) is 9.40. The van der Waals surface area contributed by atoms with Crippen LogP contribution in [0.25, 0.3) is 0 Å². The van der Waals surface area contributed by atoms with E-state index < -0.39 is 5.82 Å². The number of likely N-dealkylation sites (tertiary alicyclic amines) is 1. The molecule has 3 saturated heterocycles. The van der Waals surface area contributed by atoms with E-state index in [9.17, 15) is 9.18 Å². The lowest BCUT2D eigenvalue weighted by atomic mass is 9.72. The molecule has 0 radical (unpaired) electrons. The molecule has 3 fully saturated rings. The van der Waals surface area contributed by atoms with Crippen molar-refractivity contribution in [3.05, 3.63) is 42.1 Å². The van der Waals surface area contributed by atoms with Gasteiger partial charge in [-0.3, -0.25) is 9.10 Å². The van der Waals surface area contributed by atoms with Gasteiger partial charge in [-0.15, -0.1) is 0 Å². The van der Waals surface area contributed by atoms with Crippen molar-refractivity contribution in [3.8, 4) is 11.5 Å². The third kappa shape index (κ3) is 6.81. The third-order valence-corrected chi connectivity index (χ3v) is 9.70. The van der Waals surface area contributed by atoms with Crippen molar-refractivity contribution in [2.24, 2.45) is 11.3 Å². The van der Waals surface area contributed by atoms with Crippen molar-refractivity contribution in [1.29, 1.82) is 0 Å². The maximum atomic E-state index is 14.3. The first-order chi connectivity index (χ1) is 19.7. The van der Waals surface area contributed by atoms with Gasteiger partial charge in [0.05, 0.1) is 11.8 Å². The molecule has 0 aliphatic carbocycles. The van der Waals surface area contributed by atoms with Gasteiger partial charge in [0, 0.05) is 63.6 Å². The minimum Gasteiger partial charge on any atom is -0.451 e. The molecule has 224 valence electrons. The molecule has 0 saturated carbocycles. The van der Waals surface area contributed by atoms with E-state index in [-0.39, 0.29) is 23.6 Å². The van der Waals surface area contributed by atoms with E-state index in [1.807, 2.05) is 39.6 Å². The maximum absolute atomic E-state index is 14.3. The Morgan fingerprint density at radius 3 is 2.56 bits per heavy atom. The van der Waals surface area contributed by atoms with E-state index in [4.69, 9.17) is 4.74 Å². The van der Waals surface area contributed by atoms with Crippen molar-refractivity contribution < 1.29 is 13.9 Å². The fraction of sp³-hybridized carbons (Fsp3) is 0.645. The lowest BCUT2D eigenvalue weighted by Gasteiger charge is -2.54. The van der Waals surface area contributed by atoms with Crippen molar-refractivity contribution in [3.63, 3.8) is 0 Å². The Balaban J connectivity index is 1.23. The first-order valence-corrected chi connectivity index (χ1v) is 16.1. The van der Waals surface area contributed by atoms with Gasteiger partial charge in [0.15, 0.2) is 11.6 Å². The zero-order valence-corrected chi connectivity index (χ0v) is 26.0. The maximum Gasteiger partial charge on any atom is 0.258 e. The number of piperidine rings is 1. The summed E-state index contributed by atoms with van der Waals surface area (Å²) in [5.74, 6) is 2.51. The summed E-state index contributed by atoms with van der Waals surface area (Å²) in [7, 11) is 0. The summed E-state index contributed by atoms with van der Waals surface area (Å²) in [6.45, 7) is 17.9. The number of rotatable bonds is 10. The number of carbonyl (C=O) groups is 1. The average molecular weight is 585 g/mol. The van der Waals surface area contributed by atoms with Gasteiger partial charge in [0.25, 0.3) is 5.91 Å². The van der Waals surface area contributed by atoms with Crippen molar-refractivity contribution in [2.75, 3.05) is 56.5 Å². The molecule has 2 aromatic rings. The summed E-state index contributed by atoms with van der Waals surface area (Å²) in [4.78, 5) is 28.9. The average Bonchev–Trinajstić information content (AvgIpc) is 3.38. The fourth-order valence-corrected chi connectivity index (χ4v) is 7.67. The fourth-order valence-electron chi connectivity index (χ4n) is 6.86. The molecular formula is C31H45FN6O2S. The van der Waals surface area contributed by atoms with Crippen LogP contribution in [0.15, 0.2) is 30.7 Å². The second-order valence-corrected chi connectivity index (χ2v) is 13.8. The van der Waals surface area contributed by atoms with E-state index in [0.29, 0.717) is 22.8 Å². The second kappa shape index (κ2) is 12.8. The SMILES string of the molecule is CCSN1CCC2(CC1)CN(CC1CCN(c3ncncc3Oc3ccc(F)cc3C(=O)N(C(C)C)C(C)C)C1)C2. The number of aromatic nitrogens is 2. The molecule has 3 aliphatic rings. The molecule has 1 amide bonds. The summed E-state index contributed by atoms with van der Waals surface area (Å²) in [5, 5.41) is 0. The highest BCUT2D eigenvalue weighted by Crippen LogP contribution is 2.43. The van der Waals surface area contributed by atoms with Crippen LogP contribution in [0.5, 0.6) is 11.5 Å². The standard InChI is InChI=1S/C31H45FN6O2S/c1-6-41-37-13-10-31(11-14-37)19-35(20-31)17-24-9-12-36(18-24)29-28(16-33-21-34-29)40-27-8-7-25(32)15-26(27)30(39)38(22(2)3)23(4)5/h7-8,15-16,21-24H,6,9-14,17-20H2,1-5H3. The topological polar surface area (TPSA) is 65.0 Å². The molecule has 1 aromatic carbocycles. The molecule has 8 nitrogen and oxygen atoms in total. The molecule has 1 unspecified atom stereocenters. The van der Waals surface area contributed by atoms with Gasteiger partial charge in [0.1, 0.15) is 17.9 Å². The van der Waals surface area contributed by atoms with Crippen LogP contribution in [0.3, 0.4) is 0 Å². The lowest BCUT2D eigenvalue weighted by Crippen LogP contribution is -2.60. The van der Waals surface area contributed by atoms with Crippen LogP contribution in [-0.4, -0.2) is 93.6 Å². The minimum absolute atomic E-state index is 0.0371. The first kappa shape index (κ1) is 30.0. The highest BCUT2D eigenvalue weighted by molar-refractivity contribution is 7.96. The molecule has 3 aliphatic heterocycles. The number of ether oxygens (including phenoxy) is 1.